The van der Waals surface area contributed by atoms with Crippen LogP contribution in [0, 0.1) is 0 Å². The number of rotatable bonds is 1. The van der Waals surface area contributed by atoms with E-state index in [9.17, 15) is 0 Å². The van der Waals surface area contributed by atoms with Gasteiger partial charge in [-0.15, -0.1) is 0 Å². The molecule has 0 bridgehead atoms. The molecule has 1 unspecified atom stereocenters. The highest BCUT2D eigenvalue weighted by molar-refractivity contribution is 4.43. The lowest BCUT2D eigenvalue weighted by Gasteiger charge is -1.91. The van der Waals surface area contributed by atoms with Crippen molar-refractivity contribution in [2.24, 2.45) is 5.73 Å². The Labute approximate surface area is 64.5 Å². The number of hydrogen-bond acceptors (Lipinski definition) is 2. The zero-order valence-electron chi connectivity index (χ0n) is 7.81. The van der Waals surface area contributed by atoms with E-state index >= 15 is 0 Å². The molecule has 0 aliphatic rings. The maximum absolute atomic E-state index is 5.29. The monoisotopic (exact) mass is 150 g/mol. The molecule has 66 valence electrons. The Morgan fingerprint density at radius 1 is 1.30 bits per heavy atom. The molecule has 0 saturated carbocycles. The Morgan fingerprint density at radius 2 is 1.40 bits per heavy atom. The molecule has 0 aliphatic carbocycles. The first-order valence-electron chi connectivity index (χ1n) is 3.37. The van der Waals surface area contributed by atoms with Gasteiger partial charge in [-0.3, -0.25) is 0 Å². The summed E-state index contributed by atoms with van der Waals surface area (Å²) in [4.78, 5) is 2.00. The van der Waals surface area contributed by atoms with Crippen molar-refractivity contribution >= 4 is 0 Å². The molecule has 3 heteroatoms. The van der Waals surface area contributed by atoms with Gasteiger partial charge in [0.15, 0.2) is 0 Å². The van der Waals surface area contributed by atoms with Gasteiger partial charge in [0, 0.05) is 6.04 Å². The van der Waals surface area contributed by atoms with E-state index in [4.69, 9.17) is 5.73 Å². The highest BCUT2D eigenvalue weighted by atomic mass is 16.0. The van der Waals surface area contributed by atoms with Crippen molar-refractivity contribution in [3.8, 4) is 0 Å². The van der Waals surface area contributed by atoms with Gasteiger partial charge in [0.05, 0.1) is 0 Å². The van der Waals surface area contributed by atoms with Crippen LogP contribution in [-0.4, -0.2) is 37.6 Å². The molecule has 1 atom stereocenters. The van der Waals surface area contributed by atoms with Gasteiger partial charge < -0.3 is 16.1 Å². The molecule has 4 N–H and O–H groups in total. The zero-order chi connectivity index (χ0) is 7.86. The average Bonchev–Trinajstić information content (AvgIpc) is 1.65. The van der Waals surface area contributed by atoms with Gasteiger partial charge in [0.2, 0.25) is 0 Å². The Morgan fingerprint density at radius 3 is 1.40 bits per heavy atom. The van der Waals surface area contributed by atoms with Crippen LogP contribution in [0.15, 0.2) is 0 Å². The lowest BCUT2D eigenvalue weighted by atomic mass is 10.3. The van der Waals surface area contributed by atoms with Gasteiger partial charge in [-0.1, -0.05) is 6.92 Å². The Bertz CT molecular complexity index is 44.1. The van der Waals surface area contributed by atoms with Crippen LogP contribution in [-0.2, 0) is 0 Å². The van der Waals surface area contributed by atoms with Crippen molar-refractivity contribution in [3.05, 3.63) is 0 Å². The van der Waals surface area contributed by atoms with Crippen LogP contribution >= 0.6 is 0 Å². The van der Waals surface area contributed by atoms with Crippen LogP contribution in [0.5, 0.6) is 0 Å². The molecule has 0 aliphatic heterocycles. The van der Waals surface area contributed by atoms with E-state index < -0.39 is 0 Å². The van der Waals surface area contributed by atoms with Crippen LogP contribution < -0.4 is 5.73 Å². The standard InChI is InChI=1S/C4H11N.C3H9N.H2O/c1-3-4(2)5;1-4(2)3;/h4H,3,5H2,1-2H3;1-3H3;1H2. The third-order valence-electron chi connectivity index (χ3n) is 0.644. The maximum atomic E-state index is 5.29. The topological polar surface area (TPSA) is 60.8 Å². The SMILES string of the molecule is CCC(C)N.CN(C)C.O. The molecule has 0 aromatic carbocycles. The van der Waals surface area contributed by atoms with Gasteiger partial charge in [0.1, 0.15) is 0 Å². The lowest BCUT2D eigenvalue weighted by Crippen LogP contribution is -2.11. The molecule has 0 aromatic rings. The zero-order valence-corrected chi connectivity index (χ0v) is 7.81. The Hall–Kier alpha value is -0.120. The van der Waals surface area contributed by atoms with Gasteiger partial charge in [-0.2, -0.15) is 0 Å². The van der Waals surface area contributed by atoms with E-state index in [1.165, 1.54) is 0 Å². The lowest BCUT2D eigenvalue weighted by molar-refractivity contribution is 0.505. The summed E-state index contributed by atoms with van der Waals surface area (Å²) in [6, 6.07) is 0.384. The minimum atomic E-state index is 0. The van der Waals surface area contributed by atoms with E-state index in [2.05, 4.69) is 6.92 Å². The quantitative estimate of drug-likeness (QED) is 0.576. The molecule has 0 amide bonds. The molecule has 0 fully saturated rings. The third kappa shape index (κ3) is 106. The molecule has 0 aromatic heterocycles. The van der Waals surface area contributed by atoms with Crippen LogP contribution in [0.25, 0.3) is 0 Å². The fourth-order valence-electron chi connectivity index (χ4n) is 0. The average molecular weight is 150 g/mol. The fraction of sp³-hybridized carbons (Fsp3) is 1.00. The van der Waals surface area contributed by atoms with Crippen molar-refractivity contribution < 1.29 is 5.48 Å². The number of hydrogen-bond donors (Lipinski definition) is 1. The number of nitrogens with zero attached hydrogens (tertiary/aromatic N) is 1. The van der Waals surface area contributed by atoms with E-state index in [1.807, 2.05) is 33.0 Å². The molecule has 10 heavy (non-hydrogen) atoms. The highest BCUT2D eigenvalue weighted by Gasteiger charge is 1.79. The van der Waals surface area contributed by atoms with Gasteiger partial charge in [0.25, 0.3) is 0 Å². The predicted molar refractivity (Wildman–Crippen MR) is 47.2 cm³/mol. The summed E-state index contributed by atoms with van der Waals surface area (Å²) in [7, 11) is 6.00. The van der Waals surface area contributed by atoms with E-state index in [1.54, 1.807) is 0 Å². The summed E-state index contributed by atoms with van der Waals surface area (Å²) < 4.78 is 0. The van der Waals surface area contributed by atoms with E-state index in [0.717, 1.165) is 6.42 Å². The minimum Gasteiger partial charge on any atom is -0.412 e. The van der Waals surface area contributed by atoms with Crippen LogP contribution in [0.1, 0.15) is 20.3 Å². The predicted octanol–water partition coefficient (Wildman–Crippen LogP) is 0.0967. The van der Waals surface area contributed by atoms with Crippen molar-refractivity contribution in [3.63, 3.8) is 0 Å². The summed E-state index contributed by atoms with van der Waals surface area (Å²) in [5.41, 5.74) is 5.29. The summed E-state index contributed by atoms with van der Waals surface area (Å²) in [5, 5.41) is 0. The molecular formula is C7H22N2O. The minimum absolute atomic E-state index is 0. The molecule has 0 spiro atoms. The first-order valence-corrected chi connectivity index (χ1v) is 3.37. The van der Waals surface area contributed by atoms with Gasteiger partial charge in [-0.05, 0) is 34.5 Å². The number of nitrogens with two attached hydrogens (primary N) is 1. The molecule has 0 radical (unpaired) electrons. The summed E-state index contributed by atoms with van der Waals surface area (Å²) >= 11 is 0. The van der Waals surface area contributed by atoms with Crippen molar-refractivity contribution in [1.29, 1.82) is 0 Å². The Kier molecular flexibility index (Phi) is 19.2. The highest BCUT2D eigenvalue weighted by Crippen LogP contribution is 1.77. The Balaban J connectivity index is -0.0000000910. The largest absolute Gasteiger partial charge is 0.412 e. The van der Waals surface area contributed by atoms with Crippen LogP contribution in [0.4, 0.5) is 0 Å². The summed E-state index contributed by atoms with van der Waals surface area (Å²) in [6.45, 7) is 4.07. The normalized spacial score (nSPS) is 11.1. The second-order valence-corrected chi connectivity index (χ2v) is 2.73. The van der Waals surface area contributed by atoms with Gasteiger partial charge in [-0.25, -0.2) is 0 Å². The van der Waals surface area contributed by atoms with E-state index in [-0.39, 0.29) is 5.48 Å². The summed E-state index contributed by atoms with van der Waals surface area (Å²) in [5.74, 6) is 0. The van der Waals surface area contributed by atoms with Crippen molar-refractivity contribution in [1.82, 2.24) is 4.90 Å². The van der Waals surface area contributed by atoms with E-state index in [0.29, 0.717) is 6.04 Å². The molecule has 0 heterocycles. The second kappa shape index (κ2) is 11.6. The maximum Gasteiger partial charge on any atom is 0.000781 e. The molecule has 0 saturated heterocycles. The smallest absolute Gasteiger partial charge is 0.000781 e. The molecule has 3 nitrogen and oxygen atoms in total. The second-order valence-electron chi connectivity index (χ2n) is 2.73. The first kappa shape index (κ1) is 16.5. The third-order valence-corrected chi connectivity index (χ3v) is 0.644. The van der Waals surface area contributed by atoms with Crippen molar-refractivity contribution in [2.45, 2.75) is 26.3 Å². The molecular weight excluding hydrogens is 128 g/mol. The molecule has 0 rings (SSSR count). The van der Waals surface area contributed by atoms with Gasteiger partial charge >= 0.3 is 0 Å². The first-order chi connectivity index (χ1) is 4.00. The van der Waals surface area contributed by atoms with Crippen LogP contribution in [0.3, 0.4) is 0 Å². The summed E-state index contributed by atoms with van der Waals surface area (Å²) in [6.07, 6.45) is 1.08. The fourth-order valence-corrected chi connectivity index (χ4v) is 0. The van der Waals surface area contributed by atoms with Crippen molar-refractivity contribution in [2.75, 3.05) is 21.1 Å². The van der Waals surface area contributed by atoms with Crippen LogP contribution in [0.2, 0.25) is 0 Å².